The average Bonchev–Trinajstić information content (AvgIpc) is 2.75. The number of carbonyl (C=O) groups is 2. The molecule has 0 bridgehead atoms. The molecule has 0 unspecified atom stereocenters. The number of aryl methyl sites for hydroxylation is 1. The Balaban J connectivity index is 1.44. The minimum Gasteiger partial charge on any atom is -0.490 e. The zero-order valence-electron chi connectivity index (χ0n) is 16.7. The van der Waals surface area contributed by atoms with Crippen LogP contribution < -0.4 is 14.8 Å². The second-order valence-electron chi connectivity index (χ2n) is 6.96. The molecule has 154 valence electrons. The van der Waals surface area contributed by atoms with Crippen LogP contribution in [0.15, 0.2) is 48.5 Å². The molecule has 1 N–H and O–H groups in total. The fraction of sp³-hybridized carbons (Fsp3) is 0.391. The minimum atomic E-state index is -0.602. The number of para-hydroxylation sites is 2. The first-order valence-electron chi connectivity index (χ1n) is 10.0. The van der Waals surface area contributed by atoms with E-state index in [1.807, 2.05) is 31.2 Å². The summed E-state index contributed by atoms with van der Waals surface area (Å²) in [5, 5.41) is 2.96. The first kappa shape index (κ1) is 20.7. The number of hydrogen-bond donors (Lipinski definition) is 1. The quantitative estimate of drug-likeness (QED) is 0.655. The molecule has 0 fully saturated rings. The Labute approximate surface area is 171 Å². The Morgan fingerprint density at radius 2 is 1.72 bits per heavy atom. The monoisotopic (exact) mass is 397 g/mol. The number of ether oxygens (including phenoxy) is 3. The maximum absolute atomic E-state index is 12.2. The molecule has 1 aliphatic carbocycles. The smallest absolute Gasteiger partial charge is 0.344 e. The lowest BCUT2D eigenvalue weighted by Gasteiger charge is -2.26. The van der Waals surface area contributed by atoms with Crippen molar-refractivity contribution in [2.24, 2.45) is 0 Å². The number of rotatable bonds is 9. The minimum absolute atomic E-state index is 0.0370. The van der Waals surface area contributed by atoms with Crippen LogP contribution >= 0.6 is 0 Å². The number of esters is 1. The number of amides is 1. The molecule has 0 radical (unpaired) electrons. The zero-order chi connectivity index (χ0) is 20.5. The van der Waals surface area contributed by atoms with Crippen LogP contribution in [0.2, 0.25) is 0 Å². The van der Waals surface area contributed by atoms with Crippen molar-refractivity contribution < 1.29 is 23.8 Å². The molecule has 1 amide bonds. The van der Waals surface area contributed by atoms with Gasteiger partial charge in [-0.15, -0.1) is 0 Å². The average molecular weight is 397 g/mol. The molecule has 6 nitrogen and oxygen atoms in total. The lowest BCUT2D eigenvalue weighted by Crippen LogP contribution is -2.34. The van der Waals surface area contributed by atoms with E-state index >= 15 is 0 Å². The molecule has 0 spiro atoms. The van der Waals surface area contributed by atoms with Gasteiger partial charge in [0, 0.05) is 0 Å². The fourth-order valence-corrected chi connectivity index (χ4v) is 3.36. The van der Waals surface area contributed by atoms with Gasteiger partial charge in [0.05, 0.1) is 12.6 Å². The third kappa shape index (κ3) is 5.98. The lowest BCUT2D eigenvalue weighted by molar-refractivity contribution is -0.150. The number of carbonyl (C=O) groups excluding carboxylic acids is 2. The molecule has 0 aromatic heterocycles. The Hall–Kier alpha value is -3.02. The first-order chi connectivity index (χ1) is 14.2. The molecule has 0 aliphatic heterocycles. The molecule has 0 saturated carbocycles. The van der Waals surface area contributed by atoms with E-state index in [1.54, 1.807) is 18.2 Å². The van der Waals surface area contributed by atoms with Crippen molar-refractivity contribution in [2.45, 2.75) is 38.6 Å². The summed E-state index contributed by atoms with van der Waals surface area (Å²) in [6, 6.07) is 15.2. The molecule has 0 saturated heterocycles. The lowest BCUT2D eigenvalue weighted by atomic mass is 9.88. The molecule has 0 heterocycles. The van der Waals surface area contributed by atoms with Crippen molar-refractivity contribution in [3.8, 4) is 11.5 Å². The summed E-state index contributed by atoms with van der Waals surface area (Å²) in [7, 11) is 0. The highest BCUT2D eigenvalue weighted by Crippen LogP contribution is 2.29. The second-order valence-corrected chi connectivity index (χ2v) is 6.96. The molecule has 2 aromatic rings. The van der Waals surface area contributed by atoms with Gasteiger partial charge in [0.15, 0.2) is 24.7 Å². The fourth-order valence-electron chi connectivity index (χ4n) is 3.36. The van der Waals surface area contributed by atoms with Crippen LogP contribution in [0.3, 0.4) is 0 Å². The SMILES string of the molecule is CCCOc1ccccc1OCC(=O)OCC(=O)N[C@@H]1CCCc2ccccc21. The highest BCUT2D eigenvalue weighted by molar-refractivity contribution is 5.81. The molecule has 6 heteroatoms. The first-order valence-corrected chi connectivity index (χ1v) is 10.0. The Morgan fingerprint density at radius 1 is 1.00 bits per heavy atom. The highest BCUT2D eigenvalue weighted by Gasteiger charge is 2.21. The van der Waals surface area contributed by atoms with Crippen LogP contribution in [0.4, 0.5) is 0 Å². The van der Waals surface area contributed by atoms with Gasteiger partial charge in [-0.25, -0.2) is 4.79 Å². The van der Waals surface area contributed by atoms with Crippen molar-refractivity contribution in [3.05, 3.63) is 59.7 Å². The normalized spacial score (nSPS) is 15.1. The van der Waals surface area contributed by atoms with Gasteiger partial charge in [-0.3, -0.25) is 4.79 Å². The van der Waals surface area contributed by atoms with Gasteiger partial charge in [0.2, 0.25) is 0 Å². The third-order valence-corrected chi connectivity index (χ3v) is 4.73. The van der Waals surface area contributed by atoms with Crippen molar-refractivity contribution in [1.29, 1.82) is 0 Å². The summed E-state index contributed by atoms with van der Waals surface area (Å²) < 4.78 is 16.1. The summed E-state index contributed by atoms with van der Waals surface area (Å²) in [5.41, 5.74) is 2.41. The second kappa shape index (κ2) is 10.5. The van der Waals surface area contributed by atoms with Crippen LogP contribution in [-0.4, -0.2) is 31.7 Å². The van der Waals surface area contributed by atoms with Gasteiger partial charge < -0.3 is 19.5 Å². The Morgan fingerprint density at radius 3 is 2.52 bits per heavy atom. The third-order valence-electron chi connectivity index (χ3n) is 4.73. The predicted octanol–water partition coefficient (Wildman–Crippen LogP) is 3.59. The van der Waals surface area contributed by atoms with E-state index in [4.69, 9.17) is 14.2 Å². The van der Waals surface area contributed by atoms with E-state index in [9.17, 15) is 9.59 Å². The van der Waals surface area contributed by atoms with E-state index < -0.39 is 5.97 Å². The Bertz CT molecular complexity index is 836. The van der Waals surface area contributed by atoms with Gasteiger partial charge in [-0.1, -0.05) is 43.3 Å². The van der Waals surface area contributed by atoms with Gasteiger partial charge in [-0.05, 0) is 48.9 Å². The van der Waals surface area contributed by atoms with E-state index in [0.29, 0.717) is 18.1 Å². The van der Waals surface area contributed by atoms with Crippen LogP contribution in [-0.2, 0) is 20.7 Å². The number of benzene rings is 2. The standard InChI is InChI=1S/C23H27NO5/c1-2-14-27-20-12-5-6-13-21(20)28-16-23(26)29-15-22(25)24-19-11-7-9-17-8-3-4-10-18(17)19/h3-6,8,10,12-13,19H,2,7,9,11,14-16H2,1H3,(H,24,25)/t19-/m1/s1. The number of fused-ring (bicyclic) bond motifs is 1. The van der Waals surface area contributed by atoms with Gasteiger partial charge >= 0.3 is 5.97 Å². The highest BCUT2D eigenvalue weighted by atomic mass is 16.6. The van der Waals surface area contributed by atoms with Crippen molar-refractivity contribution in [2.75, 3.05) is 19.8 Å². The van der Waals surface area contributed by atoms with E-state index in [0.717, 1.165) is 31.2 Å². The zero-order valence-corrected chi connectivity index (χ0v) is 16.7. The van der Waals surface area contributed by atoms with Gasteiger partial charge in [0.25, 0.3) is 5.91 Å². The topological polar surface area (TPSA) is 73.9 Å². The largest absolute Gasteiger partial charge is 0.490 e. The summed E-state index contributed by atoms with van der Waals surface area (Å²) in [6.45, 7) is 1.97. The molecule has 3 rings (SSSR count). The summed E-state index contributed by atoms with van der Waals surface area (Å²) in [6.07, 6.45) is 3.80. The molecule has 1 aliphatic rings. The number of hydrogen-bond acceptors (Lipinski definition) is 5. The summed E-state index contributed by atoms with van der Waals surface area (Å²) in [5.74, 6) is 0.137. The molecule has 1 atom stereocenters. The molecule has 29 heavy (non-hydrogen) atoms. The van der Waals surface area contributed by atoms with Gasteiger partial charge in [-0.2, -0.15) is 0 Å². The molecule has 2 aromatic carbocycles. The summed E-state index contributed by atoms with van der Waals surface area (Å²) >= 11 is 0. The number of nitrogens with one attached hydrogen (secondary N) is 1. The van der Waals surface area contributed by atoms with E-state index in [2.05, 4.69) is 11.4 Å². The van der Waals surface area contributed by atoms with Crippen LogP contribution in [0.1, 0.15) is 43.4 Å². The summed E-state index contributed by atoms with van der Waals surface area (Å²) in [4.78, 5) is 24.2. The van der Waals surface area contributed by atoms with E-state index in [-0.39, 0.29) is 25.2 Å². The molecular weight excluding hydrogens is 370 g/mol. The van der Waals surface area contributed by atoms with Crippen LogP contribution in [0.25, 0.3) is 0 Å². The predicted molar refractivity (Wildman–Crippen MR) is 109 cm³/mol. The molecular formula is C23H27NO5. The van der Waals surface area contributed by atoms with Crippen LogP contribution in [0.5, 0.6) is 11.5 Å². The maximum atomic E-state index is 12.2. The van der Waals surface area contributed by atoms with E-state index in [1.165, 1.54) is 5.56 Å². The van der Waals surface area contributed by atoms with Crippen molar-refractivity contribution in [3.63, 3.8) is 0 Å². The van der Waals surface area contributed by atoms with Crippen LogP contribution in [0, 0.1) is 0 Å². The Kier molecular flexibility index (Phi) is 7.50. The maximum Gasteiger partial charge on any atom is 0.344 e. The van der Waals surface area contributed by atoms with Crippen molar-refractivity contribution in [1.82, 2.24) is 5.32 Å². The van der Waals surface area contributed by atoms with Gasteiger partial charge in [0.1, 0.15) is 0 Å². The van der Waals surface area contributed by atoms with Crippen molar-refractivity contribution >= 4 is 11.9 Å².